The molecule has 0 N–H and O–H groups in total. The number of nitrogens with zero attached hydrogens (tertiary/aromatic N) is 2. The average molecular weight is 284 g/mol. The van der Waals surface area contributed by atoms with Crippen molar-refractivity contribution in [3.8, 4) is 0 Å². The van der Waals surface area contributed by atoms with Crippen LogP contribution in [0.25, 0.3) is 0 Å². The summed E-state index contributed by atoms with van der Waals surface area (Å²) in [5, 5.41) is 0. The Morgan fingerprint density at radius 1 is 1.45 bits per heavy atom. The van der Waals surface area contributed by atoms with Gasteiger partial charge in [-0.25, -0.2) is 8.78 Å². The van der Waals surface area contributed by atoms with Crippen LogP contribution in [0.15, 0.2) is 18.2 Å². The van der Waals surface area contributed by atoms with Gasteiger partial charge in [-0.05, 0) is 25.2 Å². The molecule has 0 aliphatic carbocycles. The Bertz CT molecular complexity index is 496. The molecule has 2 rings (SSSR count). The molecule has 1 saturated heterocycles. The second kappa shape index (κ2) is 6.28. The topological polar surface area (TPSA) is 32.8 Å². The molecule has 1 aromatic rings. The number of hydrogen-bond donors (Lipinski definition) is 0. The van der Waals surface area contributed by atoms with E-state index in [9.17, 15) is 13.6 Å². The van der Waals surface area contributed by atoms with Gasteiger partial charge in [-0.3, -0.25) is 4.79 Å². The third-order valence-corrected chi connectivity index (χ3v) is 3.33. The van der Waals surface area contributed by atoms with Gasteiger partial charge < -0.3 is 14.5 Å². The minimum absolute atomic E-state index is 0.0620. The zero-order valence-corrected chi connectivity index (χ0v) is 11.6. The SMILES string of the molecule is CN1CCOC(CN(C)C(=O)c2ccc(F)c(F)c2)C1. The van der Waals surface area contributed by atoms with E-state index in [1.54, 1.807) is 7.05 Å². The Labute approximate surface area is 116 Å². The van der Waals surface area contributed by atoms with Gasteiger partial charge in [-0.15, -0.1) is 0 Å². The molecule has 0 radical (unpaired) electrons. The summed E-state index contributed by atoms with van der Waals surface area (Å²) in [5.41, 5.74) is 0.135. The Hall–Kier alpha value is -1.53. The highest BCUT2D eigenvalue weighted by molar-refractivity contribution is 5.94. The number of carbonyl (C=O) groups is 1. The first-order valence-corrected chi connectivity index (χ1v) is 6.48. The Balaban J connectivity index is 1.99. The van der Waals surface area contributed by atoms with E-state index in [0.29, 0.717) is 13.2 Å². The van der Waals surface area contributed by atoms with E-state index in [4.69, 9.17) is 4.74 Å². The van der Waals surface area contributed by atoms with Crippen molar-refractivity contribution in [2.24, 2.45) is 0 Å². The number of morpholine rings is 1. The molecule has 0 aromatic heterocycles. The van der Waals surface area contributed by atoms with Crippen molar-refractivity contribution >= 4 is 5.91 Å². The summed E-state index contributed by atoms with van der Waals surface area (Å²) in [7, 11) is 3.62. The highest BCUT2D eigenvalue weighted by Crippen LogP contribution is 2.12. The predicted molar refractivity (Wildman–Crippen MR) is 70.6 cm³/mol. The molecule has 4 nitrogen and oxygen atoms in total. The van der Waals surface area contributed by atoms with Gasteiger partial charge in [0.1, 0.15) is 0 Å². The zero-order valence-electron chi connectivity index (χ0n) is 11.6. The van der Waals surface area contributed by atoms with Crippen LogP contribution in [0.3, 0.4) is 0 Å². The van der Waals surface area contributed by atoms with Crippen LogP contribution < -0.4 is 0 Å². The summed E-state index contributed by atoms with van der Waals surface area (Å²) < 4.78 is 31.6. The van der Waals surface area contributed by atoms with Crippen molar-refractivity contribution in [1.82, 2.24) is 9.80 Å². The van der Waals surface area contributed by atoms with Crippen molar-refractivity contribution in [3.63, 3.8) is 0 Å². The van der Waals surface area contributed by atoms with E-state index < -0.39 is 11.6 Å². The monoisotopic (exact) mass is 284 g/mol. The quantitative estimate of drug-likeness (QED) is 0.840. The third-order valence-electron chi connectivity index (χ3n) is 3.33. The summed E-state index contributed by atoms with van der Waals surface area (Å²) in [6.45, 7) is 2.67. The molecule has 0 spiro atoms. The predicted octanol–water partition coefficient (Wildman–Crippen LogP) is 1.37. The van der Waals surface area contributed by atoms with Crippen molar-refractivity contribution in [1.29, 1.82) is 0 Å². The molecular formula is C14H18F2N2O2. The van der Waals surface area contributed by atoms with E-state index in [0.717, 1.165) is 25.2 Å². The van der Waals surface area contributed by atoms with Crippen LogP contribution in [-0.2, 0) is 4.74 Å². The van der Waals surface area contributed by atoms with Crippen LogP contribution in [0, 0.1) is 11.6 Å². The molecule has 1 amide bonds. The van der Waals surface area contributed by atoms with Gasteiger partial charge in [-0.1, -0.05) is 0 Å². The van der Waals surface area contributed by atoms with E-state index >= 15 is 0 Å². The second-order valence-electron chi connectivity index (χ2n) is 5.07. The maximum atomic E-state index is 13.1. The van der Waals surface area contributed by atoms with Gasteiger partial charge in [0.2, 0.25) is 0 Å². The lowest BCUT2D eigenvalue weighted by atomic mass is 10.1. The molecule has 1 fully saturated rings. The number of halogens is 2. The number of hydrogen-bond acceptors (Lipinski definition) is 3. The first-order chi connectivity index (χ1) is 9.47. The number of likely N-dealkylation sites (N-methyl/N-ethyl adjacent to an activating group) is 2. The van der Waals surface area contributed by atoms with Gasteiger partial charge in [-0.2, -0.15) is 0 Å². The Morgan fingerprint density at radius 3 is 2.85 bits per heavy atom. The molecule has 1 atom stereocenters. The summed E-state index contributed by atoms with van der Waals surface area (Å²) in [4.78, 5) is 15.7. The molecule has 1 heterocycles. The second-order valence-corrected chi connectivity index (χ2v) is 5.07. The van der Waals surface area contributed by atoms with Gasteiger partial charge in [0.15, 0.2) is 11.6 Å². The van der Waals surface area contributed by atoms with E-state index in [1.165, 1.54) is 11.0 Å². The lowest BCUT2D eigenvalue weighted by Gasteiger charge is -2.32. The standard InChI is InChI=1S/C14H18F2N2O2/c1-17-5-6-20-11(8-17)9-18(2)14(19)10-3-4-12(15)13(16)7-10/h3-4,7,11H,5-6,8-9H2,1-2H3. The number of ether oxygens (including phenoxy) is 1. The minimum atomic E-state index is -1.02. The van der Waals surface area contributed by atoms with Crippen LogP contribution in [0.4, 0.5) is 8.78 Å². The fourth-order valence-electron chi connectivity index (χ4n) is 2.22. The molecule has 20 heavy (non-hydrogen) atoms. The highest BCUT2D eigenvalue weighted by Gasteiger charge is 2.22. The largest absolute Gasteiger partial charge is 0.374 e. The molecule has 6 heteroatoms. The van der Waals surface area contributed by atoms with E-state index in [-0.39, 0.29) is 17.6 Å². The molecule has 1 aliphatic heterocycles. The first-order valence-electron chi connectivity index (χ1n) is 6.48. The molecule has 1 aromatic carbocycles. The normalized spacial score (nSPS) is 19.9. The van der Waals surface area contributed by atoms with E-state index in [2.05, 4.69) is 4.90 Å². The first kappa shape index (κ1) is 14.9. The van der Waals surface area contributed by atoms with Crippen LogP contribution >= 0.6 is 0 Å². The molecule has 110 valence electrons. The molecule has 0 saturated carbocycles. The average Bonchev–Trinajstić information content (AvgIpc) is 2.41. The maximum absolute atomic E-state index is 13.1. The van der Waals surface area contributed by atoms with Gasteiger partial charge in [0.25, 0.3) is 5.91 Å². The van der Waals surface area contributed by atoms with Gasteiger partial charge in [0.05, 0.1) is 12.7 Å². The smallest absolute Gasteiger partial charge is 0.253 e. The minimum Gasteiger partial charge on any atom is -0.374 e. The zero-order chi connectivity index (χ0) is 14.7. The summed E-state index contributed by atoms with van der Waals surface area (Å²) in [5.74, 6) is -2.32. The summed E-state index contributed by atoms with van der Waals surface area (Å²) >= 11 is 0. The van der Waals surface area contributed by atoms with Crippen LogP contribution in [0.2, 0.25) is 0 Å². The lowest BCUT2D eigenvalue weighted by molar-refractivity contribution is -0.0301. The van der Waals surface area contributed by atoms with E-state index in [1.807, 2.05) is 7.05 Å². The van der Waals surface area contributed by atoms with Crippen molar-refractivity contribution in [3.05, 3.63) is 35.4 Å². The van der Waals surface area contributed by atoms with Crippen molar-refractivity contribution in [2.45, 2.75) is 6.10 Å². The highest BCUT2D eigenvalue weighted by atomic mass is 19.2. The van der Waals surface area contributed by atoms with Crippen LogP contribution in [0.5, 0.6) is 0 Å². The number of rotatable bonds is 3. The summed E-state index contributed by atoms with van der Waals surface area (Å²) in [6.07, 6.45) is -0.0620. The molecule has 1 unspecified atom stereocenters. The Kier molecular flexibility index (Phi) is 4.67. The maximum Gasteiger partial charge on any atom is 0.253 e. The number of carbonyl (C=O) groups excluding carboxylic acids is 1. The fraction of sp³-hybridized carbons (Fsp3) is 0.500. The van der Waals surface area contributed by atoms with Crippen LogP contribution in [0.1, 0.15) is 10.4 Å². The van der Waals surface area contributed by atoms with Crippen LogP contribution in [-0.4, -0.2) is 62.1 Å². The van der Waals surface area contributed by atoms with Crippen molar-refractivity contribution in [2.75, 3.05) is 40.3 Å². The Morgan fingerprint density at radius 2 is 2.20 bits per heavy atom. The molecular weight excluding hydrogens is 266 g/mol. The molecule has 1 aliphatic rings. The molecule has 0 bridgehead atoms. The van der Waals surface area contributed by atoms with Gasteiger partial charge >= 0.3 is 0 Å². The third kappa shape index (κ3) is 3.52. The summed E-state index contributed by atoms with van der Waals surface area (Å²) in [6, 6.07) is 3.16. The fourth-order valence-corrected chi connectivity index (χ4v) is 2.22. The van der Waals surface area contributed by atoms with Crippen molar-refractivity contribution < 1.29 is 18.3 Å². The van der Waals surface area contributed by atoms with Gasteiger partial charge in [0, 0.05) is 32.2 Å². The number of benzene rings is 1. The number of amides is 1. The lowest BCUT2D eigenvalue weighted by Crippen LogP contribution is -2.46.